The predicted octanol–water partition coefficient (Wildman–Crippen LogP) is 3.04. The Hall–Kier alpha value is -1.89. The number of pyridine rings is 1. The van der Waals surface area contributed by atoms with Crippen LogP contribution in [-0.2, 0) is 4.79 Å². The number of nitrogens with zero attached hydrogens (tertiary/aromatic N) is 3. The fraction of sp³-hybridized carbons (Fsp3) is 0.579. The van der Waals surface area contributed by atoms with Crippen LogP contribution in [-0.4, -0.2) is 37.4 Å². The standard InChI is InChI=1S/C19H23N5OS/c25-16(22-19-8-12-5-13(9-19)7-14(6-12)10-19)11-26-18-21-17(23-24-18)15-1-3-20-4-2-15/h1-4,12-14H,5-11H2,(H,22,25)(H,21,23,24). The molecule has 7 heteroatoms. The molecule has 4 saturated carbocycles. The van der Waals surface area contributed by atoms with Gasteiger partial charge < -0.3 is 5.32 Å². The molecule has 2 heterocycles. The molecule has 1 amide bonds. The molecule has 0 spiro atoms. The first-order valence-electron chi connectivity index (χ1n) is 9.44. The molecule has 2 aromatic rings. The molecule has 26 heavy (non-hydrogen) atoms. The monoisotopic (exact) mass is 369 g/mol. The van der Waals surface area contributed by atoms with Crippen molar-refractivity contribution in [3.05, 3.63) is 24.5 Å². The summed E-state index contributed by atoms with van der Waals surface area (Å²) in [6.07, 6.45) is 11.2. The van der Waals surface area contributed by atoms with E-state index in [-0.39, 0.29) is 11.4 Å². The average molecular weight is 369 g/mol. The number of aromatic nitrogens is 4. The van der Waals surface area contributed by atoms with Crippen LogP contribution in [0.4, 0.5) is 0 Å². The zero-order valence-electron chi connectivity index (χ0n) is 14.6. The van der Waals surface area contributed by atoms with Gasteiger partial charge in [0.1, 0.15) is 0 Å². The van der Waals surface area contributed by atoms with Crippen molar-refractivity contribution >= 4 is 17.7 Å². The first kappa shape index (κ1) is 16.3. The summed E-state index contributed by atoms with van der Waals surface area (Å²) in [5.74, 6) is 3.71. The molecule has 4 bridgehead atoms. The van der Waals surface area contributed by atoms with E-state index in [0.29, 0.717) is 16.7 Å². The van der Waals surface area contributed by atoms with Gasteiger partial charge in [0.05, 0.1) is 5.75 Å². The van der Waals surface area contributed by atoms with Crippen LogP contribution >= 0.6 is 11.8 Å². The van der Waals surface area contributed by atoms with Crippen molar-refractivity contribution in [2.45, 2.75) is 49.2 Å². The van der Waals surface area contributed by atoms with Crippen LogP contribution in [0.3, 0.4) is 0 Å². The van der Waals surface area contributed by atoms with Crippen LogP contribution in [0.15, 0.2) is 29.7 Å². The normalized spacial score (nSPS) is 31.9. The highest BCUT2D eigenvalue weighted by Crippen LogP contribution is 2.55. The van der Waals surface area contributed by atoms with Gasteiger partial charge in [0, 0.05) is 23.5 Å². The van der Waals surface area contributed by atoms with E-state index < -0.39 is 0 Å². The number of amides is 1. The van der Waals surface area contributed by atoms with Crippen LogP contribution in [0.5, 0.6) is 0 Å². The molecule has 0 atom stereocenters. The van der Waals surface area contributed by atoms with E-state index >= 15 is 0 Å². The summed E-state index contributed by atoms with van der Waals surface area (Å²) in [5, 5.41) is 11.2. The summed E-state index contributed by atoms with van der Waals surface area (Å²) in [4.78, 5) is 21.0. The second kappa shape index (κ2) is 6.37. The highest BCUT2D eigenvalue weighted by Gasteiger charge is 2.51. The minimum absolute atomic E-state index is 0.0770. The van der Waals surface area contributed by atoms with Crippen LogP contribution in [0, 0.1) is 17.8 Å². The first-order valence-corrected chi connectivity index (χ1v) is 10.4. The van der Waals surface area contributed by atoms with Crippen molar-refractivity contribution in [1.82, 2.24) is 25.5 Å². The SMILES string of the molecule is O=C(CSc1n[nH]c(-c2ccncc2)n1)NC12CC3CC(CC(C3)C1)C2. The fourth-order valence-electron chi connectivity index (χ4n) is 5.68. The topological polar surface area (TPSA) is 83.6 Å². The zero-order valence-corrected chi connectivity index (χ0v) is 15.5. The molecule has 6 rings (SSSR count). The Morgan fingerprint density at radius 3 is 2.46 bits per heavy atom. The maximum absolute atomic E-state index is 12.6. The van der Waals surface area contributed by atoms with E-state index in [1.807, 2.05) is 12.1 Å². The lowest BCUT2D eigenvalue weighted by Gasteiger charge is -2.56. The van der Waals surface area contributed by atoms with Crippen molar-refractivity contribution in [1.29, 1.82) is 0 Å². The maximum atomic E-state index is 12.6. The summed E-state index contributed by atoms with van der Waals surface area (Å²) >= 11 is 1.39. The van der Waals surface area contributed by atoms with Gasteiger partial charge >= 0.3 is 0 Å². The molecule has 4 aliphatic carbocycles. The summed E-state index contributed by atoms with van der Waals surface area (Å²) in [7, 11) is 0. The van der Waals surface area contributed by atoms with E-state index in [1.54, 1.807) is 12.4 Å². The van der Waals surface area contributed by atoms with Gasteiger partial charge in [0.2, 0.25) is 11.1 Å². The Bertz CT molecular complexity index is 770. The molecule has 0 radical (unpaired) electrons. The predicted molar refractivity (Wildman–Crippen MR) is 99.4 cm³/mol. The van der Waals surface area contributed by atoms with Gasteiger partial charge in [-0.2, -0.15) is 0 Å². The largest absolute Gasteiger partial charge is 0.350 e. The van der Waals surface area contributed by atoms with Gasteiger partial charge in [-0.15, -0.1) is 5.10 Å². The Morgan fingerprint density at radius 1 is 1.15 bits per heavy atom. The molecular weight excluding hydrogens is 346 g/mol. The number of H-pyrrole nitrogens is 1. The van der Waals surface area contributed by atoms with Crippen LogP contribution < -0.4 is 5.32 Å². The number of hydrogen-bond donors (Lipinski definition) is 2. The minimum atomic E-state index is 0.0770. The lowest BCUT2D eigenvalue weighted by atomic mass is 9.53. The maximum Gasteiger partial charge on any atom is 0.230 e. The summed E-state index contributed by atoms with van der Waals surface area (Å²) in [6.45, 7) is 0. The molecule has 4 aliphatic rings. The number of carbonyl (C=O) groups excluding carboxylic acids is 1. The van der Waals surface area contributed by atoms with Crippen molar-refractivity contribution < 1.29 is 4.79 Å². The van der Waals surface area contributed by atoms with E-state index in [1.165, 1.54) is 50.3 Å². The second-order valence-corrected chi connectivity index (χ2v) is 9.18. The Labute approximate surface area is 157 Å². The molecule has 4 fully saturated rings. The quantitative estimate of drug-likeness (QED) is 0.792. The van der Waals surface area contributed by atoms with E-state index in [4.69, 9.17) is 0 Å². The lowest BCUT2D eigenvalue weighted by Crippen LogP contribution is -2.60. The van der Waals surface area contributed by atoms with Gasteiger partial charge in [-0.25, -0.2) is 4.98 Å². The Morgan fingerprint density at radius 2 is 1.81 bits per heavy atom. The smallest absolute Gasteiger partial charge is 0.230 e. The summed E-state index contributed by atoms with van der Waals surface area (Å²) in [5.41, 5.74) is 1.02. The van der Waals surface area contributed by atoms with Gasteiger partial charge in [-0.05, 0) is 68.4 Å². The third-order valence-corrected chi connectivity index (χ3v) is 7.04. The Kier molecular flexibility index (Phi) is 3.99. The van der Waals surface area contributed by atoms with E-state index in [2.05, 4.69) is 25.5 Å². The first-order chi connectivity index (χ1) is 12.7. The van der Waals surface area contributed by atoms with Gasteiger partial charge in [-0.3, -0.25) is 14.9 Å². The fourth-order valence-corrected chi connectivity index (χ4v) is 6.27. The van der Waals surface area contributed by atoms with Crippen LogP contribution in [0.2, 0.25) is 0 Å². The van der Waals surface area contributed by atoms with Crippen LogP contribution in [0.25, 0.3) is 11.4 Å². The number of aromatic amines is 1. The third-order valence-electron chi connectivity index (χ3n) is 6.19. The van der Waals surface area contributed by atoms with Crippen molar-refractivity contribution in [2.24, 2.45) is 17.8 Å². The van der Waals surface area contributed by atoms with Crippen LogP contribution in [0.1, 0.15) is 38.5 Å². The van der Waals surface area contributed by atoms with Gasteiger partial charge in [-0.1, -0.05) is 11.8 Å². The van der Waals surface area contributed by atoms with Gasteiger partial charge in [0.25, 0.3) is 0 Å². The molecule has 0 aliphatic heterocycles. The number of thioether (sulfide) groups is 1. The molecule has 0 unspecified atom stereocenters. The van der Waals surface area contributed by atoms with E-state index in [9.17, 15) is 4.79 Å². The number of hydrogen-bond acceptors (Lipinski definition) is 5. The molecule has 2 N–H and O–H groups in total. The minimum Gasteiger partial charge on any atom is -0.350 e. The molecular formula is C19H23N5OS. The average Bonchev–Trinajstić information content (AvgIpc) is 3.08. The van der Waals surface area contributed by atoms with Crippen molar-refractivity contribution in [3.8, 4) is 11.4 Å². The molecule has 136 valence electrons. The van der Waals surface area contributed by atoms with E-state index in [0.717, 1.165) is 23.3 Å². The Balaban J connectivity index is 1.19. The van der Waals surface area contributed by atoms with Gasteiger partial charge in [0.15, 0.2) is 5.82 Å². The molecule has 0 saturated heterocycles. The highest BCUT2D eigenvalue weighted by molar-refractivity contribution is 7.99. The zero-order chi connectivity index (χ0) is 17.6. The second-order valence-electron chi connectivity index (χ2n) is 8.24. The van der Waals surface area contributed by atoms with Crippen molar-refractivity contribution in [2.75, 3.05) is 5.75 Å². The highest BCUT2D eigenvalue weighted by atomic mass is 32.2. The lowest BCUT2D eigenvalue weighted by molar-refractivity contribution is -0.124. The number of carbonyl (C=O) groups is 1. The van der Waals surface area contributed by atoms with Crippen molar-refractivity contribution in [3.63, 3.8) is 0 Å². The summed E-state index contributed by atoms with van der Waals surface area (Å²) in [6, 6.07) is 3.77. The number of nitrogens with one attached hydrogen (secondary N) is 2. The third kappa shape index (κ3) is 3.13. The molecule has 2 aromatic heterocycles. The summed E-state index contributed by atoms with van der Waals surface area (Å²) < 4.78 is 0. The molecule has 0 aromatic carbocycles. The molecule has 6 nitrogen and oxygen atoms in total. The number of rotatable bonds is 5.